The maximum absolute atomic E-state index is 12.5. The average Bonchev–Trinajstić information content (AvgIpc) is 3.05. The topological polar surface area (TPSA) is 85.5 Å². The highest BCUT2D eigenvalue weighted by atomic mass is 16.5. The molecule has 3 rings (SSSR count). The van der Waals surface area contributed by atoms with Crippen molar-refractivity contribution in [3.63, 3.8) is 0 Å². The normalized spacial score (nSPS) is 14.6. The van der Waals surface area contributed by atoms with E-state index in [-0.39, 0.29) is 11.9 Å². The molecule has 2 aromatic rings. The Kier molecular flexibility index (Phi) is 4.71. The highest BCUT2D eigenvalue weighted by molar-refractivity contribution is 5.94. The Hall–Kier alpha value is -2.54. The number of aromatic nitrogens is 2. The van der Waals surface area contributed by atoms with E-state index in [4.69, 9.17) is 14.2 Å². The van der Waals surface area contributed by atoms with E-state index < -0.39 is 0 Å². The van der Waals surface area contributed by atoms with Crippen LogP contribution in [-0.4, -0.2) is 36.9 Å². The Morgan fingerprint density at radius 2 is 2.12 bits per heavy atom. The molecule has 2 N–H and O–H groups in total. The third-order valence-corrected chi connectivity index (χ3v) is 4.17. The van der Waals surface area contributed by atoms with Crippen LogP contribution in [0.4, 0.5) is 0 Å². The molecule has 2 heterocycles. The van der Waals surface area contributed by atoms with Crippen molar-refractivity contribution < 1.29 is 19.0 Å². The molecule has 1 aliphatic rings. The first-order valence-corrected chi connectivity index (χ1v) is 7.80. The van der Waals surface area contributed by atoms with Gasteiger partial charge < -0.3 is 19.5 Å². The summed E-state index contributed by atoms with van der Waals surface area (Å²) in [5.41, 5.74) is 3.14. The lowest BCUT2D eigenvalue weighted by atomic mass is 10.1. The maximum Gasteiger partial charge on any atom is 0.272 e. The zero-order valence-corrected chi connectivity index (χ0v) is 14.0. The molecule has 1 amide bonds. The minimum atomic E-state index is -0.222. The summed E-state index contributed by atoms with van der Waals surface area (Å²) >= 11 is 0. The molecule has 1 aromatic heterocycles. The number of rotatable bonds is 5. The number of amides is 1. The molecule has 1 aliphatic heterocycles. The number of aromatic amines is 1. The van der Waals surface area contributed by atoms with Gasteiger partial charge in [0.15, 0.2) is 17.2 Å². The van der Waals surface area contributed by atoms with Gasteiger partial charge in [0.1, 0.15) is 0 Å². The highest BCUT2D eigenvalue weighted by Gasteiger charge is 2.23. The molecule has 24 heavy (non-hydrogen) atoms. The molecule has 1 aromatic carbocycles. The van der Waals surface area contributed by atoms with Gasteiger partial charge in [-0.15, -0.1) is 0 Å². The van der Waals surface area contributed by atoms with E-state index in [9.17, 15) is 4.79 Å². The minimum absolute atomic E-state index is 0.200. The van der Waals surface area contributed by atoms with Crippen LogP contribution in [0.3, 0.4) is 0 Å². The summed E-state index contributed by atoms with van der Waals surface area (Å²) in [7, 11) is 3.17. The van der Waals surface area contributed by atoms with Crippen LogP contribution in [0.2, 0.25) is 0 Å². The predicted molar refractivity (Wildman–Crippen MR) is 87.4 cm³/mol. The van der Waals surface area contributed by atoms with Crippen LogP contribution >= 0.6 is 0 Å². The number of H-pyrrole nitrogens is 1. The lowest BCUT2D eigenvalue weighted by molar-refractivity contribution is 0.0912. The Bertz CT molecular complexity index is 741. The van der Waals surface area contributed by atoms with Gasteiger partial charge in [-0.1, -0.05) is 6.07 Å². The second kappa shape index (κ2) is 6.92. The number of nitrogens with zero attached hydrogens (tertiary/aromatic N) is 1. The van der Waals surface area contributed by atoms with Crippen molar-refractivity contribution in [1.29, 1.82) is 0 Å². The van der Waals surface area contributed by atoms with Crippen LogP contribution in [0.5, 0.6) is 11.5 Å². The van der Waals surface area contributed by atoms with Crippen molar-refractivity contribution in [2.75, 3.05) is 20.8 Å². The number of carbonyl (C=O) groups excluding carboxylic acids is 1. The summed E-state index contributed by atoms with van der Waals surface area (Å²) in [5.74, 6) is 1.06. The second-order valence-corrected chi connectivity index (χ2v) is 5.64. The van der Waals surface area contributed by atoms with Crippen molar-refractivity contribution in [1.82, 2.24) is 15.5 Å². The van der Waals surface area contributed by atoms with Crippen molar-refractivity contribution >= 4 is 5.91 Å². The van der Waals surface area contributed by atoms with Crippen LogP contribution in [0.15, 0.2) is 18.2 Å². The monoisotopic (exact) mass is 331 g/mol. The fourth-order valence-electron chi connectivity index (χ4n) is 2.77. The number of benzene rings is 1. The summed E-state index contributed by atoms with van der Waals surface area (Å²) in [6, 6.07) is 5.37. The molecule has 0 aliphatic carbocycles. The molecule has 1 atom stereocenters. The third kappa shape index (κ3) is 3.07. The second-order valence-electron chi connectivity index (χ2n) is 5.64. The van der Waals surface area contributed by atoms with E-state index in [1.54, 1.807) is 14.2 Å². The van der Waals surface area contributed by atoms with Crippen molar-refractivity contribution in [2.45, 2.75) is 26.0 Å². The SMILES string of the molecule is COc1ccc(C(C)NC(=O)c2n[nH]c3c2COCC3)cc1OC. The van der Waals surface area contributed by atoms with Gasteiger partial charge in [-0.25, -0.2) is 0 Å². The van der Waals surface area contributed by atoms with Gasteiger partial charge in [0.05, 0.1) is 33.5 Å². The highest BCUT2D eigenvalue weighted by Crippen LogP contribution is 2.30. The number of hydrogen-bond donors (Lipinski definition) is 2. The smallest absolute Gasteiger partial charge is 0.272 e. The van der Waals surface area contributed by atoms with E-state index in [2.05, 4.69) is 15.5 Å². The fourth-order valence-corrected chi connectivity index (χ4v) is 2.77. The van der Waals surface area contributed by atoms with E-state index in [0.29, 0.717) is 30.4 Å². The quantitative estimate of drug-likeness (QED) is 0.875. The van der Waals surface area contributed by atoms with Crippen molar-refractivity contribution in [2.24, 2.45) is 0 Å². The zero-order valence-electron chi connectivity index (χ0n) is 14.0. The molecule has 128 valence electrons. The van der Waals surface area contributed by atoms with Crippen LogP contribution < -0.4 is 14.8 Å². The van der Waals surface area contributed by atoms with E-state index in [0.717, 1.165) is 23.2 Å². The van der Waals surface area contributed by atoms with Gasteiger partial charge >= 0.3 is 0 Å². The zero-order chi connectivity index (χ0) is 17.1. The molecule has 0 bridgehead atoms. The Balaban J connectivity index is 1.76. The van der Waals surface area contributed by atoms with Gasteiger partial charge in [0.2, 0.25) is 0 Å². The number of hydrogen-bond acceptors (Lipinski definition) is 5. The molecule has 0 saturated carbocycles. The number of methoxy groups -OCH3 is 2. The molecule has 7 heteroatoms. The first-order chi connectivity index (χ1) is 11.6. The molecule has 0 spiro atoms. The van der Waals surface area contributed by atoms with Gasteiger partial charge in [-0.3, -0.25) is 9.89 Å². The fraction of sp³-hybridized carbons (Fsp3) is 0.412. The first-order valence-electron chi connectivity index (χ1n) is 7.80. The standard InChI is InChI=1S/C17H21N3O4/c1-10(11-4-5-14(22-2)15(8-11)23-3)18-17(21)16-12-9-24-7-6-13(12)19-20-16/h4-5,8,10H,6-7,9H2,1-3H3,(H,18,21)(H,19,20). The maximum atomic E-state index is 12.5. The van der Waals surface area contributed by atoms with Crippen molar-refractivity contribution in [3.8, 4) is 11.5 Å². The minimum Gasteiger partial charge on any atom is -0.493 e. The van der Waals surface area contributed by atoms with E-state index in [1.165, 1.54) is 0 Å². The van der Waals surface area contributed by atoms with E-state index in [1.807, 2.05) is 25.1 Å². The Labute approximate surface area is 140 Å². The summed E-state index contributed by atoms with van der Waals surface area (Å²) < 4.78 is 16.0. The lowest BCUT2D eigenvalue weighted by Gasteiger charge is -2.17. The number of carbonyl (C=O) groups is 1. The van der Waals surface area contributed by atoms with Gasteiger partial charge in [-0.05, 0) is 24.6 Å². The number of ether oxygens (including phenoxy) is 3. The summed E-state index contributed by atoms with van der Waals surface area (Å²) in [4.78, 5) is 12.5. The molecular weight excluding hydrogens is 310 g/mol. The molecule has 1 unspecified atom stereocenters. The molecule has 0 fully saturated rings. The predicted octanol–water partition coefficient (Wildman–Crippen LogP) is 1.99. The van der Waals surface area contributed by atoms with Crippen LogP contribution in [-0.2, 0) is 17.8 Å². The molecular formula is C17H21N3O4. The van der Waals surface area contributed by atoms with E-state index >= 15 is 0 Å². The molecule has 0 saturated heterocycles. The van der Waals surface area contributed by atoms with Crippen LogP contribution in [0, 0.1) is 0 Å². The average molecular weight is 331 g/mol. The van der Waals surface area contributed by atoms with Crippen molar-refractivity contribution in [3.05, 3.63) is 40.7 Å². The van der Waals surface area contributed by atoms with Crippen LogP contribution in [0.1, 0.15) is 40.3 Å². The largest absolute Gasteiger partial charge is 0.493 e. The number of nitrogens with one attached hydrogen (secondary N) is 2. The number of fused-ring (bicyclic) bond motifs is 1. The first kappa shape index (κ1) is 16.3. The van der Waals surface area contributed by atoms with Gasteiger partial charge in [0.25, 0.3) is 5.91 Å². The summed E-state index contributed by atoms with van der Waals surface area (Å²) in [5, 5.41) is 10.0. The lowest BCUT2D eigenvalue weighted by Crippen LogP contribution is -2.28. The molecule has 7 nitrogen and oxygen atoms in total. The van der Waals surface area contributed by atoms with Gasteiger partial charge in [0, 0.05) is 17.7 Å². The third-order valence-electron chi connectivity index (χ3n) is 4.17. The van der Waals surface area contributed by atoms with Gasteiger partial charge in [-0.2, -0.15) is 5.10 Å². The summed E-state index contributed by atoms with van der Waals surface area (Å²) in [6.45, 7) is 2.98. The summed E-state index contributed by atoms with van der Waals surface area (Å²) in [6.07, 6.45) is 0.751. The Morgan fingerprint density at radius 3 is 2.88 bits per heavy atom. The molecule has 0 radical (unpaired) electrons. The van der Waals surface area contributed by atoms with Crippen LogP contribution in [0.25, 0.3) is 0 Å². The Morgan fingerprint density at radius 1 is 1.33 bits per heavy atom.